The van der Waals surface area contributed by atoms with Gasteiger partial charge in [-0.3, -0.25) is 0 Å². The van der Waals surface area contributed by atoms with Crippen LogP contribution in [0.25, 0.3) is 11.0 Å². The van der Waals surface area contributed by atoms with Gasteiger partial charge >= 0.3 is 5.63 Å². The third-order valence-corrected chi connectivity index (χ3v) is 6.38. The number of hydrogen-bond acceptors (Lipinski definition) is 4. The molecule has 5 heteroatoms. The Kier molecular flexibility index (Phi) is 4.76. The number of nitrogens with zero attached hydrogens (tertiary/aromatic N) is 1. The molecule has 0 atom stereocenters. The molecule has 5 nitrogen and oxygen atoms in total. The normalized spacial score (nSPS) is 16.9. The Bertz CT molecular complexity index is 1100. The lowest BCUT2D eigenvalue weighted by Gasteiger charge is -2.34. The number of benzene rings is 2. The molecule has 0 unspecified atom stereocenters. The average Bonchev–Trinajstić information content (AvgIpc) is 3.20. The van der Waals surface area contributed by atoms with Gasteiger partial charge in [0.25, 0.3) is 0 Å². The molecule has 150 valence electrons. The summed E-state index contributed by atoms with van der Waals surface area (Å²) in [5.41, 5.74) is 5.55. The number of methoxy groups -OCH3 is 1. The van der Waals surface area contributed by atoms with Crippen molar-refractivity contribution in [2.24, 2.45) is 0 Å². The Morgan fingerprint density at radius 1 is 1.07 bits per heavy atom. The van der Waals surface area contributed by atoms with E-state index < -0.39 is 0 Å². The van der Waals surface area contributed by atoms with Crippen LogP contribution in [0.2, 0.25) is 0 Å². The second-order valence-electron chi connectivity index (χ2n) is 8.15. The zero-order chi connectivity index (χ0) is 19.8. The van der Waals surface area contributed by atoms with Crippen molar-refractivity contribution in [1.29, 1.82) is 0 Å². The Morgan fingerprint density at radius 3 is 2.62 bits per heavy atom. The number of anilines is 1. The maximum atomic E-state index is 12.2. The predicted octanol–water partition coefficient (Wildman–Crippen LogP) is 2.20. The van der Waals surface area contributed by atoms with Crippen LogP contribution >= 0.6 is 0 Å². The molecule has 2 aliphatic rings. The predicted molar refractivity (Wildman–Crippen MR) is 114 cm³/mol. The largest absolute Gasteiger partial charge is 0.495 e. The summed E-state index contributed by atoms with van der Waals surface area (Å²) in [6.07, 6.45) is 3.42. The highest BCUT2D eigenvalue weighted by Gasteiger charge is 2.24. The van der Waals surface area contributed by atoms with E-state index in [4.69, 9.17) is 9.15 Å². The van der Waals surface area contributed by atoms with Gasteiger partial charge in [-0.05, 0) is 54.7 Å². The minimum Gasteiger partial charge on any atom is -0.495 e. The SMILES string of the molecule is COc1ccccc1N1CC[NH+](Cc2cc(=O)oc3cc4c(cc23)CCC4)CC1. The maximum Gasteiger partial charge on any atom is 0.336 e. The second kappa shape index (κ2) is 7.56. The number of fused-ring (bicyclic) bond motifs is 2. The van der Waals surface area contributed by atoms with E-state index in [1.54, 1.807) is 13.2 Å². The molecule has 3 aromatic rings. The van der Waals surface area contributed by atoms with Crippen LogP contribution in [0.3, 0.4) is 0 Å². The number of rotatable bonds is 4. The van der Waals surface area contributed by atoms with Gasteiger partial charge in [-0.1, -0.05) is 12.1 Å². The van der Waals surface area contributed by atoms with Crippen LogP contribution in [0.15, 0.2) is 51.7 Å². The molecule has 1 aliphatic carbocycles. The van der Waals surface area contributed by atoms with Crippen molar-refractivity contribution in [1.82, 2.24) is 0 Å². The third kappa shape index (κ3) is 3.51. The molecular formula is C24H27N2O3+. The van der Waals surface area contributed by atoms with Crippen molar-refractivity contribution in [2.45, 2.75) is 25.8 Å². The molecule has 1 fully saturated rings. The second-order valence-corrected chi connectivity index (χ2v) is 8.15. The Balaban J connectivity index is 1.35. The van der Waals surface area contributed by atoms with Gasteiger partial charge in [0.05, 0.1) is 39.0 Å². The summed E-state index contributed by atoms with van der Waals surface area (Å²) in [5, 5.41) is 1.12. The van der Waals surface area contributed by atoms with E-state index >= 15 is 0 Å². The summed E-state index contributed by atoms with van der Waals surface area (Å²) < 4.78 is 11.1. The van der Waals surface area contributed by atoms with Gasteiger partial charge in [0, 0.05) is 17.0 Å². The van der Waals surface area contributed by atoms with E-state index in [0.29, 0.717) is 0 Å². The van der Waals surface area contributed by atoms with E-state index in [-0.39, 0.29) is 5.63 Å². The highest BCUT2D eigenvalue weighted by molar-refractivity contribution is 5.82. The molecule has 5 rings (SSSR count). The average molecular weight is 391 g/mol. The van der Waals surface area contributed by atoms with Gasteiger partial charge in [-0.2, -0.15) is 0 Å². The summed E-state index contributed by atoms with van der Waals surface area (Å²) >= 11 is 0. The molecule has 1 N–H and O–H groups in total. The van der Waals surface area contributed by atoms with Crippen LogP contribution in [0.1, 0.15) is 23.1 Å². The highest BCUT2D eigenvalue weighted by Crippen LogP contribution is 2.29. The van der Waals surface area contributed by atoms with E-state index in [2.05, 4.69) is 29.2 Å². The molecule has 1 saturated heterocycles. The summed E-state index contributed by atoms with van der Waals surface area (Å²) in [6, 6.07) is 14.3. The van der Waals surface area contributed by atoms with Gasteiger partial charge in [0.15, 0.2) is 0 Å². The monoisotopic (exact) mass is 391 g/mol. The maximum absolute atomic E-state index is 12.2. The quantitative estimate of drug-likeness (QED) is 0.693. The molecule has 0 amide bonds. The minimum absolute atomic E-state index is 0.238. The standard InChI is InChI=1S/C24H26N2O3/c1-28-22-8-3-2-7-21(22)26-11-9-25(10-12-26)16-19-15-24(27)29-23-14-18-6-4-5-17(18)13-20(19)23/h2-3,7-8,13-15H,4-6,9-12,16H2,1H3/p+1. The number of quaternary nitrogens is 1. The van der Waals surface area contributed by atoms with Gasteiger partial charge in [0.1, 0.15) is 17.9 Å². The fourth-order valence-corrected chi connectivity index (χ4v) is 4.84. The van der Waals surface area contributed by atoms with Gasteiger partial charge in [-0.15, -0.1) is 0 Å². The molecule has 29 heavy (non-hydrogen) atoms. The highest BCUT2D eigenvalue weighted by atomic mass is 16.5. The Labute approximate surface area is 170 Å². The lowest BCUT2D eigenvalue weighted by Crippen LogP contribution is -3.13. The van der Waals surface area contributed by atoms with Crippen LogP contribution in [-0.4, -0.2) is 33.3 Å². The molecule has 1 aromatic heterocycles. The van der Waals surface area contributed by atoms with Crippen molar-refractivity contribution in [3.63, 3.8) is 0 Å². The van der Waals surface area contributed by atoms with Crippen molar-refractivity contribution in [3.8, 4) is 5.75 Å². The first-order valence-corrected chi connectivity index (χ1v) is 10.5. The fraction of sp³-hybridized carbons (Fsp3) is 0.375. The van der Waals surface area contributed by atoms with E-state index in [1.807, 2.05) is 12.1 Å². The van der Waals surface area contributed by atoms with Crippen molar-refractivity contribution < 1.29 is 14.1 Å². The first-order valence-electron chi connectivity index (χ1n) is 10.5. The molecule has 2 heterocycles. The topological polar surface area (TPSA) is 47.1 Å². The lowest BCUT2D eigenvalue weighted by atomic mass is 10.0. The van der Waals surface area contributed by atoms with Crippen LogP contribution in [0.4, 0.5) is 5.69 Å². The Morgan fingerprint density at radius 2 is 1.83 bits per heavy atom. The lowest BCUT2D eigenvalue weighted by molar-refractivity contribution is -0.914. The first kappa shape index (κ1) is 18.3. The molecule has 0 spiro atoms. The van der Waals surface area contributed by atoms with Gasteiger partial charge in [0.2, 0.25) is 0 Å². The minimum atomic E-state index is -0.238. The van der Waals surface area contributed by atoms with Crippen LogP contribution in [-0.2, 0) is 19.4 Å². The number of hydrogen-bond donors (Lipinski definition) is 1. The van der Waals surface area contributed by atoms with Gasteiger partial charge in [-0.25, -0.2) is 4.79 Å². The number of nitrogens with one attached hydrogen (secondary N) is 1. The van der Waals surface area contributed by atoms with E-state index in [0.717, 1.165) is 73.5 Å². The van der Waals surface area contributed by atoms with Crippen molar-refractivity contribution in [3.05, 3.63) is 69.6 Å². The zero-order valence-electron chi connectivity index (χ0n) is 16.9. The van der Waals surface area contributed by atoms with Crippen LogP contribution < -0.4 is 20.2 Å². The molecule has 1 aliphatic heterocycles. The fourth-order valence-electron chi connectivity index (χ4n) is 4.84. The van der Waals surface area contributed by atoms with Crippen molar-refractivity contribution in [2.75, 3.05) is 38.2 Å². The number of piperazine rings is 1. The smallest absolute Gasteiger partial charge is 0.336 e. The molecule has 0 bridgehead atoms. The number of aryl methyl sites for hydroxylation is 2. The first-order chi connectivity index (χ1) is 14.2. The van der Waals surface area contributed by atoms with Gasteiger partial charge < -0.3 is 19.0 Å². The molecular weight excluding hydrogens is 364 g/mol. The number of para-hydroxylation sites is 2. The zero-order valence-corrected chi connectivity index (χ0v) is 16.9. The summed E-state index contributed by atoms with van der Waals surface area (Å²) in [5.74, 6) is 0.927. The molecule has 0 radical (unpaired) electrons. The summed E-state index contributed by atoms with van der Waals surface area (Å²) in [7, 11) is 1.73. The molecule has 2 aromatic carbocycles. The summed E-state index contributed by atoms with van der Waals surface area (Å²) in [6.45, 7) is 4.88. The van der Waals surface area contributed by atoms with E-state index in [1.165, 1.54) is 22.4 Å². The van der Waals surface area contributed by atoms with E-state index in [9.17, 15) is 4.79 Å². The van der Waals surface area contributed by atoms with Crippen LogP contribution in [0, 0.1) is 0 Å². The Hall–Kier alpha value is -2.79. The third-order valence-electron chi connectivity index (χ3n) is 6.38. The van der Waals surface area contributed by atoms with Crippen LogP contribution in [0.5, 0.6) is 5.75 Å². The van der Waals surface area contributed by atoms with Crippen molar-refractivity contribution >= 4 is 16.7 Å². The summed E-state index contributed by atoms with van der Waals surface area (Å²) in [4.78, 5) is 16.1. The molecule has 0 saturated carbocycles. The number of ether oxygens (including phenoxy) is 1.